The van der Waals surface area contributed by atoms with Crippen molar-refractivity contribution in [2.45, 2.75) is 13.8 Å². The summed E-state index contributed by atoms with van der Waals surface area (Å²) in [5, 5.41) is 18.6. The lowest BCUT2D eigenvalue weighted by Crippen LogP contribution is -2.47. The molecule has 0 atom stereocenters. The molecule has 2 aromatic carbocycles. The van der Waals surface area contributed by atoms with Crippen molar-refractivity contribution in [3.8, 4) is 11.8 Å². The summed E-state index contributed by atoms with van der Waals surface area (Å²) in [5.74, 6) is 0.671. The number of rotatable bonds is 3. The van der Waals surface area contributed by atoms with Gasteiger partial charge in [0.25, 0.3) is 0 Å². The van der Waals surface area contributed by atoms with Gasteiger partial charge in [-0.2, -0.15) is 5.26 Å². The number of aryl methyl sites for hydroxylation is 2. The molecule has 4 rings (SSSR count). The number of hydrogen-bond acceptors (Lipinski definition) is 5. The SMILES string of the molecule is Cc1ccc(-n2nc(C#N)c(N3CCN(c4ccccc4)CC3)n2)c(C)c1. The van der Waals surface area contributed by atoms with E-state index in [4.69, 9.17) is 0 Å². The van der Waals surface area contributed by atoms with Crippen LogP contribution >= 0.6 is 0 Å². The molecule has 0 saturated carbocycles. The van der Waals surface area contributed by atoms with E-state index in [-0.39, 0.29) is 0 Å². The van der Waals surface area contributed by atoms with E-state index >= 15 is 0 Å². The van der Waals surface area contributed by atoms with Crippen molar-refractivity contribution in [1.29, 1.82) is 5.26 Å². The molecular formula is C21H22N6. The molecule has 0 spiro atoms. The minimum Gasteiger partial charge on any atom is -0.368 e. The summed E-state index contributed by atoms with van der Waals surface area (Å²) in [6.07, 6.45) is 0. The zero-order valence-corrected chi connectivity index (χ0v) is 15.6. The summed E-state index contributed by atoms with van der Waals surface area (Å²) in [4.78, 5) is 6.11. The van der Waals surface area contributed by atoms with Crippen LogP contribution in [-0.4, -0.2) is 41.2 Å². The Labute approximate surface area is 159 Å². The van der Waals surface area contributed by atoms with Gasteiger partial charge < -0.3 is 9.80 Å². The van der Waals surface area contributed by atoms with Gasteiger partial charge in [0.2, 0.25) is 5.69 Å². The van der Waals surface area contributed by atoms with Crippen LogP contribution in [0.15, 0.2) is 48.5 Å². The van der Waals surface area contributed by atoms with Crippen LogP contribution < -0.4 is 9.80 Å². The number of aromatic nitrogens is 3. The highest BCUT2D eigenvalue weighted by molar-refractivity contribution is 5.54. The Hall–Kier alpha value is -3.33. The first-order chi connectivity index (χ1) is 13.2. The van der Waals surface area contributed by atoms with Crippen LogP contribution in [0, 0.1) is 25.2 Å². The predicted octanol–water partition coefficient (Wildman–Crippen LogP) is 3.08. The summed E-state index contributed by atoms with van der Waals surface area (Å²) < 4.78 is 0. The van der Waals surface area contributed by atoms with Crippen molar-refractivity contribution in [3.05, 3.63) is 65.4 Å². The van der Waals surface area contributed by atoms with E-state index in [2.05, 4.69) is 63.3 Å². The van der Waals surface area contributed by atoms with Gasteiger partial charge in [-0.1, -0.05) is 35.9 Å². The van der Waals surface area contributed by atoms with Gasteiger partial charge in [0.05, 0.1) is 5.69 Å². The van der Waals surface area contributed by atoms with Crippen molar-refractivity contribution in [2.24, 2.45) is 0 Å². The summed E-state index contributed by atoms with van der Waals surface area (Å²) in [5.41, 5.74) is 4.81. The van der Waals surface area contributed by atoms with Crippen LogP contribution in [0.2, 0.25) is 0 Å². The fourth-order valence-corrected chi connectivity index (χ4v) is 3.54. The monoisotopic (exact) mass is 358 g/mol. The van der Waals surface area contributed by atoms with Gasteiger partial charge in [-0.25, -0.2) is 0 Å². The van der Waals surface area contributed by atoms with Crippen LogP contribution in [0.25, 0.3) is 5.69 Å². The smallest absolute Gasteiger partial charge is 0.207 e. The van der Waals surface area contributed by atoms with Gasteiger partial charge in [0.1, 0.15) is 6.07 Å². The number of piperazine rings is 1. The molecule has 1 saturated heterocycles. The minimum absolute atomic E-state index is 0.378. The Morgan fingerprint density at radius 1 is 0.889 bits per heavy atom. The molecule has 1 fully saturated rings. The Balaban J connectivity index is 1.56. The maximum Gasteiger partial charge on any atom is 0.207 e. The van der Waals surface area contributed by atoms with E-state index in [1.54, 1.807) is 4.80 Å². The van der Waals surface area contributed by atoms with E-state index < -0.39 is 0 Å². The average Bonchev–Trinajstić information content (AvgIpc) is 3.13. The van der Waals surface area contributed by atoms with Gasteiger partial charge in [-0.15, -0.1) is 15.0 Å². The quantitative estimate of drug-likeness (QED) is 0.720. The Morgan fingerprint density at radius 2 is 1.59 bits per heavy atom. The van der Waals surface area contributed by atoms with Crippen LogP contribution in [0.5, 0.6) is 0 Å². The third-order valence-corrected chi connectivity index (χ3v) is 4.97. The number of nitriles is 1. The molecule has 6 nitrogen and oxygen atoms in total. The molecule has 1 aromatic heterocycles. The molecule has 136 valence electrons. The predicted molar refractivity (Wildman–Crippen MR) is 106 cm³/mol. The molecule has 0 bridgehead atoms. The third kappa shape index (κ3) is 3.36. The molecule has 0 unspecified atom stereocenters. The summed E-state index contributed by atoms with van der Waals surface area (Å²) in [6.45, 7) is 7.52. The second-order valence-electron chi connectivity index (χ2n) is 6.87. The molecule has 6 heteroatoms. The van der Waals surface area contributed by atoms with E-state index in [1.807, 2.05) is 25.1 Å². The Bertz CT molecular complexity index is 978. The average molecular weight is 358 g/mol. The fourth-order valence-electron chi connectivity index (χ4n) is 3.54. The Morgan fingerprint density at radius 3 is 2.26 bits per heavy atom. The first-order valence-corrected chi connectivity index (χ1v) is 9.16. The second kappa shape index (κ2) is 7.12. The van der Waals surface area contributed by atoms with E-state index in [1.165, 1.54) is 11.3 Å². The first kappa shape index (κ1) is 17.1. The Kier molecular flexibility index (Phi) is 4.51. The molecule has 3 aromatic rings. The number of anilines is 2. The zero-order valence-electron chi connectivity index (χ0n) is 15.6. The number of hydrogen-bond donors (Lipinski definition) is 0. The summed E-state index contributed by atoms with van der Waals surface area (Å²) >= 11 is 0. The van der Waals surface area contributed by atoms with Crippen molar-refractivity contribution in [1.82, 2.24) is 15.0 Å². The van der Waals surface area contributed by atoms with Gasteiger partial charge in [-0.05, 0) is 37.6 Å². The summed E-state index contributed by atoms with van der Waals surface area (Å²) in [7, 11) is 0. The van der Waals surface area contributed by atoms with Crippen molar-refractivity contribution in [3.63, 3.8) is 0 Å². The van der Waals surface area contributed by atoms with Crippen LogP contribution in [0.3, 0.4) is 0 Å². The fraction of sp³-hybridized carbons (Fsp3) is 0.286. The van der Waals surface area contributed by atoms with Gasteiger partial charge in [0, 0.05) is 31.9 Å². The van der Waals surface area contributed by atoms with Gasteiger partial charge in [-0.3, -0.25) is 0 Å². The minimum atomic E-state index is 0.378. The lowest BCUT2D eigenvalue weighted by Gasteiger charge is -2.36. The topological polar surface area (TPSA) is 61.0 Å². The highest BCUT2D eigenvalue weighted by Gasteiger charge is 2.23. The molecule has 1 aliphatic rings. The van der Waals surface area contributed by atoms with Crippen LogP contribution in [0.4, 0.5) is 11.5 Å². The van der Waals surface area contributed by atoms with Crippen LogP contribution in [0.1, 0.15) is 16.8 Å². The molecular weight excluding hydrogens is 336 g/mol. The maximum atomic E-state index is 9.55. The van der Waals surface area contributed by atoms with E-state index in [0.717, 1.165) is 37.4 Å². The van der Waals surface area contributed by atoms with E-state index in [0.29, 0.717) is 11.5 Å². The van der Waals surface area contributed by atoms with Gasteiger partial charge in [0.15, 0.2) is 5.82 Å². The van der Waals surface area contributed by atoms with Crippen molar-refractivity contribution in [2.75, 3.05) is 36.0 Å². The van der Waals surface area contributed by atoms with Crippen molar-refractivity contribution >= 4 is 11.5 Å². The molecule has 0 radical (unpaired) electrons. The standard InChI is InChI=1S/C21H22N6/c1-16-8-9-20(17(2)14-16)27-23-19(15-22)21(24-27)26-12-10-25(11-13-26)18-6-4-3-5-7-18/h3-9,14H,10-13H2,1-2H3. The maximum absolute atomic E-state index is 9.55. The molecule has 27 heavy (non-hydrogen) atoms. The molecule has 1 aliphatic heterocycles. The number of para-hydroxylation sites is 1. The largest absolute Gasteiger partial charge is 0.368 e. The third-order valence-electron chi connectivity index (χ3n) is 4.97. The highest BCUT2D eigenvalue weighted by atomic mass is 15.5. The van der Waals surface area contributed by atoms with Gasteiger partial charge >= 0.3 is 0 Å². The second-order valence-corrected chi connectivity index (χ2v) is 6.87. The van der Waals surface area contributed by atoms with Crippen molar-refractivity contribution < 1.29 is 0 Å². The number of nitrogens with zero attached hydrogens (tertiary/aromatic N) is 6. The summed E-state index contributed by atoms with van der Waals surface area (Å²) in [6, 6.07) is 18.8. The van der Waals surface area contributed by atoms with E-state index in [9.17, 15) is 5.26 Å². The number of benzene rings is 2. The lowest BCUT2D eigenvalue weighted by molar-refractivity contribution is 0.641. The molecule has 0 N–H and O–H groups in total. The zero-order chi connectivity index (χ0) is 18.8. The lowest BCUT2D eigenvalue weighted by atomic mass is 10.1. The normalized spacial score (nSPS) is 14.3. The molecule has 2 heterocycles. The molecule has 0 amide bonds. The van der Waals surface area contributed by atoms with Crippen LogP contribution in [-0.2, 0) is 0 Å². The highest BCUT2D eigenvalue weighted by Crippen LogP contribution is 2.23. The first-order valence-electron chi connectivity index (χ1n) is 9.16. The molecule has 0 aliphatic carbocycles.